The zero-order chi connectivity index (χ0) is 22.3. The lowest BCUT2D eigenvalue weighted by Gasteiger charge is -2.39. The minimum Gasteiger partial charge on any atom is -0.497 e. The smallest absolute Gasteiger partial charge is 0.246 e. The van der Waals surface area contributed by atoms with Crippen molar-refractivity contribution in [2.75, 3.05) is 51.8 Å². The van der Waals surface area contributed by atoms with Crippen molar-refractivity contribution in [3.8, 4) is 5.75 Å². The van der Waals surface area contributed by atoms with Gasteiger partial charge in [0.05, 0.1) is 26.2 Å². The molecule has 2 aliphatic rings. The van der Waals surface area contributed by atoms with E-state index in [2.05, 4.69) is 10.2 Å². The van der Waals surface area contributed by atoms with Gasteiger partial charge in [-0.2, -0.15) is 0 Å². The average molecular weight is 438 g/mol. The average Bonchev–Trinajstić information content (AvgIpc) is 2.85. The molecule has 7 heteroatoms. The molecule has 0 aliphatic carbocycles. The Labute approximate surface area is 189 Å². The number of anilines is 1. The third-order valence-electron chi connectivity index (χ3n) is 6.19. The van der Waals surface area contributed by atoms with Gasteiger partial charge >= 0.3 is 0 Å². The van der Waals surface area contributed by atoms with Gasteiger partial charge in [0, 0.05) is 31.4 Å². The Kier molecular flexibility index (Phi) is 7.39. The topological polar surface area (TPSA) is 71.1 Å². The van der Waals surface area contributed by atoms with E-state index in [0.717, 1.165) is 24.9 Å². The Morgan fingerprint density at radius 1 is 1.06 bits per heavy atom. The molecule has 2 fully saturated rings. The van der Waals surface area contributed by atoms with Gasteiger partial charge in [-0.05, 0) is 37.1 Å². The summed E-state index contributed by atoms with van der Waals surface area (Å²) in [5.74, 6) is 0.660. The van der Waals surface area contributed by atoms with Crippen LogP contribution in [0.15, 0.2) is 54.6 Å². The van der Waals surface area contributed by atoms with E-state index in [-0.39, 0.29) is 17.7 Å². The zero-order valence-corrected chi connectivity index (χ0v) is 18.5. The van der Waals surface area contributed by atoms with Gasteiger partial charge in [0.15, 0.2) is 0 Å². The largest absolute Gasteiger partial charge is 0.497 e. The maximum Gasteiger partial charge on any atom is 0.246 e. The molecule has 4 rings (SSSR count). The molecule has 2 saturated heterocycles. The number of piperidine rings is 1. The molecule has 0 spiro atoms. The van der Waals surface area contributed by atoms with E-state index in [1.807, 2.05) is 53.4 Å². The second kappa shape index (κ2) is 10.6. The predicted octanol–water partition coefficient (Wildman–Crippen LogP) is 2.95. The fourth-order valence-corrected chi connectivity index (χ4v) is 4.56. The first-order chi connectivity index (χ1) is 15.7. The van der Waals surface area contributed by atoms with Gasteiger partial charge in [-0.3, -0.25) is 14.5 Å². The summed E-state index contributed by atoms with van der Waals surface area (Å²) in [7, 11) is 1.60. The van der Waals surface area contributed by atoms with Gasteiger partial charge in [0.25, 0.3) is 0 Å². The summed E-state index contributed by atoms with van der Waals surface area (Å²) >= 11 is 0. The van der Waals surface area contributed by atoms with Crippen molar-refractivity contribution in [1.82, 2.24) is 9.80 Å². The second-order valence-corrected chi connectivity index (χ2v) is 8.31. The van der Waals surface area contributed by atoms with Crippen LogP contribution in [0.1, 0.15) is 24.4 Å². The predicted molar refractivity (Wildman–Crippen MR) is 123 cm³/mol. The van der Waals surface area contributed by atoms with Crippen molar-refractivity contribution in [3.05, 3.63) is 60.2 Å². The third-order valence-corrected chi connectivity index (χ3v) is 6.19. The van der Waals surface area contributed by atoms with Gasteiger partial charge in [-0.25, -0.2) is 0 Å². The summed E-state index contributed by atoms with van der Waals surface area (Å²) in [6.07, 6.45) is 1.74. The second-order valence-electron chi connectivity index (χ2n) is 8.31. The zero-order valence-electron chi connectivity index (χ0n) is 18.5. The van der Waals surface area contributed by atoms with Gasteiger partial charge < -0.3 is 19.7 Å². The molecule has 32 heavy (non-hydrogen) atoms. The molecule has 0 saturated carbocycles. The highest BCUT2D eigenvalue weighted by molar-refractivity contribution is 5.95. The summed E-state index contributed by atoms with van der Waals surface area (Å²) in [5, 5.41) is 3.05. The number of amides is 2. The van der Waals surface area contributed by atoms with E-state index in [1.54, 1.807) is 13.2 Å². The number of nitrogens with one attached hydrogen (secondary N) is 1. The molecule has 2 aliphatic heterocycles. The summed E-state index contributed by atoms with van der Waals surface area (Å²) in [5.41, 5.74) is 1.61. The van der Waals surface area contributed by atoms with E-state index in [0.29, 0.717) is 44.3 Å². The summed E-state index contributed by atoms with van der Waals surface area (Å²) in [6.45, 7) is 3.83. The number of hydrogen-bond donors (Lipinski definition) is 1. The summed E-state index contributed by atoms with van der Waals surface area (Å²) in [6, 6.07) is 16.7. The number of methoxy groups -OCH3 is 1. The quantitative estimate of drug-likeness (QED) is 0.753. The number of ether oxygens (including phenoxy) is 2. The third kappa shape index (κ3) is 5.29. The van der Waals surface area contributed by atoms with Crippen molar-refractivity contribution < 1.29 is 19.1 Å². The highest BCUT2D eigenvalue weighted by atomic mass is 16.5. The first-order valence-corrected chi connectivity index (χ1v) is 11.3. The normalized spacial score (nSPS) is 20.4. The lowest BCUT2D eigenvalue weighted by atomic mass is 9.93. The van der Waals surface area contributed by atoms with E-state index >= 15 is 0 Å². The molecule has 7 nitrogen and oxygen atoms in total. The van der Waals surface area contributed by atoms with Gasteiger partial charge in [-0.15, -0.1) is 0 Å². The van der Waals surface area contributed by atoms with Crippen molar-refractivity contribution in [2.24, 2.45) is 5.92 Å². The van der Waals surface area contributed by atoms with Crippen LogP contribution in [0.5, 0.6) is 5.75 Å². The Morgan fingerprint density at radius 3 is 2.59 bits per heavy atom. The number of likely N-dealkylation sites (tertiary alicyclic amines) is 1. The van der Waals surface area contributed by atoms with Crippen LogP contribution in [0.2, 0.25) is 0 Å². The van der Waals surface area contributed by atoms with Crippen LogP contribution in [-0.2, 0) is 14.3 Å². The Morgan fingerprint density at radius 2 is 1.84 bits per heavy atom. The number of rotatable bonds is 6. The monoisotopic (exact) mass is 437 g/mol. The van der Waals surface area contributed by atoms with E-state index in [9.17, 15) is 9.59 Å². The first kappa shape index (κ1) is 22.3. The lowest BCUT2D eigenvalue weighted by molar-refractivity contribution is -0.142. The van der Waals surface area contributed by atoms with Crippen molar-refractivity contribution >= 4 is 17.5 Å². The first-order valence-electron chi connectivity index (χ1n) is 11.3. The Hall–Kier alpha value is -2.90. The molecule has 2 heterocycles. The van der Waals surface area contributed by atoms with Crippen LogP contribution in [0.25, 0.3) is 0 Å². The minimum absolute atomic E-state index is 0.0994. The number of nitrogens with zero attached hydrogens (tertiary/aromatic N) is 2. The van der Waals surface area contributed by atoms with Crippen LogP contribution in [0.4, 0.5) is 5.69 Å². The SMILES string of the molecule is COc1cccc(NC(=O)[C@H](c2ccccc2)N2CCC[C@@H](C(=O)N3CCOCC3)C2)c1. The van der Waals surface area contributed by atoms with E-state index in [4.69, 9.17) is 9.47 Å². The number of carbonyl (C=O) groups is 2. The molecule has 0 unspecified atom stereocenters. The van der Waals surface area contributed by atoms with Crippen LogP contribution in [0.3, 0.4) is 0 Å². The molecule has 0 radical (unpaired) electrons. The molecular formula is C25H31N3O4. The maximum absolute atomic E-state index is 13.5. The fraction of sp³-hybridized carbons (Fsp3) is 0.440. The molecule has 2 aromatic rings. The van der Waals surface area contributed by atoms with Crippen LogP contribution in [0, 0.1) is 5.92 Å². The van der Waals surface area contributed by atoms with E-state index in [1.165, 1.54) is 0 Å². The van der Waals surface area contributed by atoms with Gasteiger partial charge in [-0.1, -0.05) is 36.4 Å². The molecule has 170 valence electrons. The van der Waals surface area contributed by atoms with Crippen molar-refractivity contribution in [1.29, 1.82) is 0 Å². The van der Waals surface area contributed by atoms with Gasteiger partial charge in [0.1, 0.15) is 11.8 Å². The van der Waals surface area contributed by atoms with Crippen LogP contribution < -0.4 is 10.1 Å². The van der Waals surface area contributed by atoms with Crippen LogP contribution in [-0.4, -0.2) is 68.1 Å². The number of morpholine rings is 1. The number of hydrogen-bond acceptors (Lipinski definition) is 5. The highest BCUT2D eigenvalue weighted by Gasteiger charge is 2.36. The fourth-order valence-electron chi connectivity index (χ4n) is 4.56. The minimum atomic E-state index is -0.470. The summed E-state index contributed by atoms with van der Waals surface area (Å²) < 4.78 is 10.7. The number of benzene rings is 2. The van der Waals surface area contributed by atoms with Crippen molar-refractivity contribution in [3.63, 3.8) is 0 Å². The van der Waals surface area contributed by atoms with Crippen LogP contribution >= 0.6 is 0 Å². The Bertz CT molecular complexity index is 914. The molecule has 2 atom stereocenters. The lowest BCUT2D eigenvalue weighted by Crippen LogP contribution is -2.50. The van der Waals surface area contributed by atoms with Gasteiger partial charge in [0.2, 0.25) is 11.8 Å². The molecule has 1 N–H and O–H groups in total. The molecule has 0 aromatic heterocycles. The summed E-state index contributed by atoms with van der Waals surface area (Å²) in [4.78, 5) is 30.7. The van der Waals surface area contributed by atoms with E-state index < -0.39 is 6.04 Å². The molecule has 2 amide bonds. The molecule has 0 bridgehead atoms. The standard InChI is InChI=1S/C25H31N3O4/c1-31-22-11-5-10-21(17-22)26-24(29)23(19-7-3-2-4-8-19)28-12-6-9-20(18-28)25(30)27-13-15-32-16-14-27/h2-5,7-8,10-11,17,20,23H,6,9,12-16,18H2,1H3,(H,26,29)/t20-,23+/m1/s1. The molecular weight excluding hydrogens is 406 g/mol. The van der Waals surface area contributed by atoms with Crippen molar-refractivity contribution in [2.45, 2.75) is 18.9 Å². The number of carbonyl (C=O) groups excluding carboxylic acids is 2. The maximum atomic E-state index is 13.5. The molecule has 2 aromatic carbocycles. The highest BCUT2D eigenvalue weighted by Crippen LogP contribution is 2.30. The Balaban J connectivity index is 1.53.